The van der Waals surface area contributed by atoms with Crippen LogP contribution in [-0.4, -0.2) is 38.7 Å². The highest BCUT2D eigenvalue weighted by atomic mass is 16.2. The fourth-order valence-electron chi connectivity index (χ4n) is 2.57. The molecule has 0 fully saturated rings. The van der Waals surface area contributed by atoms with Crippen molar-refractivity contribution in [3.8, 4) is 0 Å². The first kappa shape index (κ1) is 17.0. The number of carbonyl (C=O) groups is 1. The summed E-state index contributed by atoms with van der Waals surface area (Å²) >= 11 is 0. The predicted molar refractivity (Wildman–Crippen MR) is 91.5 cm³/mol. The molecule has 0 radical (unpaired) electrons. The third kappa shape index (κ3) is 3.52. The normalized spacial score (nSPS) is 10.9. The van der Waals surface area contributed by atoms with E-state index < -0.39 is 0 Å². The molecule has 0 atom stereocenters. The fraction of sp³-hybridized carbons (Fsp3) is 0.471. The quantitative estimate of drug-likeness (QED) is 0.921. The van der Waals surface area contributed by atoms with E-state index in [1.54, 1.807) is 25.4 Å². The van der Waals surface area contributed by atoms with Crippen molar-refractivity contribution >= 4 is 11.7 Å². The van der Waals surface area contributed by atoms with Crippen LogP contribution in [0.2, 0.25) is 0 Å². The van der Waals surface area contributed by atoms with Gasteiger partial charge in [0.15, 0.2) is 0 Å². The van der Waals surface area contributed by atoms with Gasteiger partial charge in [0.05, 0.1) is 5.69 Å². The molecule has 124 valence electrons. The summed E-state index contributed by atoms with van der Waals surface area (Å²) in [6.07, 6.45) is 1.65. The van der Waals surface area contributed by atoms with Crippen LogP contribution < -0.4 is 5.32 Å². The van der Waals surface area contributed by atoms with Gasteiger partial charge in [-0.25, -0.2) is 4.98 Å². The smallest absolute Gasteiger partial charge is 0.254 e. The summed E-state index contributed by atoms with van der Waals surface area (Å²) in [5.41, 5.74) is 3.80. The molecule has 0 saturated carbocycles. The van der Waals surface area contributed by atoms with E-state index in [0.29, 0.717) is 17.9 Å². The number of nitrogens with zero attached hydrogens (tertiary/aromatic N) is 4. The van der Waals surface area contributed by atoms with Crippen molar-refractivity contribution in [3.05, 3.63) is 40.8 Å². The van der Waals surface area contributed by atoms with Crippen LogP contribution >= 0.6 is 0 Å². The Hall–Kier alpha value is -2.37. The summed E-state index contributed by atoms with van der Waals surface area (Å²) in [4.78, 5) is 19.0. The van der Waals surface area contributed by atoms with Crippen LogP contribution in [0.3, 0.4) is 0 Å². The first-order valence-electron chi connectivity index (χ1n) is 7.79. The van der Waals surface area contributed by atoms with Crippen molar-refractivity contribution in [2.75, 3.05) is 12.4 Å². The second kappa shape index (κ2) is 6.81. The summed E-state index contributed by atoms with van der Waals surface area (Å²) in [5.74, 6) is 0.690. The lowest BCUT2D eigenvalue weighted by Crippen LogP contribution is -2.36. The van der Waals surface area contributed by atoms with E-state index >= 15 is 0 Å². The topological polar surface area (TPSA) is 63.1 Å². The van der Waals surface area contributed by atoms with E-state index in [4.69, 9.17) is 0 Å². The number of nitrogens with one attached hydrogen (secondary N) is 1. The third-order valence-electron chi connectivity index (χ3n) is 4.13. The Labute approximate surface area is 137 Å². The van der Waals surface area contributed by atoms with Gasteiger partial charge in [-0.2, -0.15) is 5.10 Å². The molecule has 0 aliphatic rings. The lowest BCUT2D eigenvalue weighted by atomic mass is 10.1. The van der Waals surface area contributed by atoms with Crippen LogP contribution in [0.25, 0.3) is 0 Å². The average molecular weight is 315 g/mol. The Kier molecular flexibility index (Phi) is 5.03. The van der Waals surface area contributed by atoms with Crippen molar-refractivity contribution < 1.29 is 4.79 Å². The van der Waals surface area contributed by atoms with Gasteiger partial charge in [0.1, 0.15) is 5.82 Å². The van der Waals surface area contributed by atoms with Gasteiger partial charge in [-0.15, -0.1) is 0 Å². The van der Waals surface area contributed by atoms with E-state index in [1.807, 2.05) is 44.3 Å². The number of anilines is 1. The molecule has 0 aliphatic heterocycles. The SMILES string of the molecule is CNc1cc(C(=O)N(Cc2c(C)nn(C)c2C)C(C)C)ccn1. The molecule has 6 heteroatoms. The summed E-state index contributed by atoms with van der Waals surface area (Å²) < 4.78 is 1.86. The van der Waals surface area contributed by atoms with E-state index in [-0.39, 0.29) is 11.9 Å². The standard InChI is InChI=1S/C17H25N5O/c1-11(2)22(10-15-12(3)20-21(6)13(15)4)17(23)14-7-8-19-16(9-14)18-5/h7-9,11H,10H2,1-6H3,(H,18,19). The van der Waals surface area contributed by atoms with Crippen molar-refractivity contribution in [2.45, 2.75) is 40.3 Å². The van der Waals surface area contributed by atoms with Crippen molar-refractivity contribution in [1.29, 1.82) is 0 Å². The molecular weight excluding hydrogens is 290 g/mol. The van der Waals surface area contributed by atoms with Crippen LogP contribution in [0.4, 0.5) is 5.82 Å². The number of pyridine rings is 1. The molecule has 23 heavy (non-hydrogen) atoms. The molecule has 2 aromatic rings. The molecule has 0 unspecified atom stereocenters. The van der Waals surface area contributed by atoms with E-state index in [9.17, 15) is 4.79 Å². The first-order chi connectivity index (χ1) is 10.8. The molecule has 0 aliphatic carbocycles. The number of carbonyl (C=O) groups excluding carboxylic acids is 1. The third-order valence-corrected chi connectivity index (χ3v) is 4.13. The monoisotopic (exact) mass is 315 g/mol. The maximum absolute atomic E-state index is 12.9. The van der Waals surface area contributed by atoms with Gasteiger partial charge in [0.2, 0.25) is 0 Å². The fourth-order valence-corrected chi connectivity index (χ4v) is 2.57. The maximum atomic E-state index is 12.9. The molecule has 0 spiro atoms. The second-order valence-corrected chi connectivity index (χ2v) is 5.98. The Balaban J connectivity index is 2.32. The molecule has 6 nitrogen and oxygen atoms in total. The first-order valence-corrected chi connectivity index (χ1v) is 7.79. The highest BCUT2D eigenvalue weighted by Gasteiger charge is 2.22. The summed E-state index contributed by atoms with van der Waals surface area (Å²) in [6, 6.07) is 3.62. The van der Waals surface area contributed by atoms with Crippen LogP contribution in [0.15, 0.2) is 18.3 Å². The number of aromatic nitrogens is 3. The molecule has 1 amide bonds. The lowest BCUT2D eigenvalue weighted by Gasteiger charge is -2.27. The molecule has 0 aromatic carbocycles. The van der Waals surface area contributed by atoms with E-state index in [0.717, 1.165) is 17.0 Å². The van der Waals surface area contributed by atoms with Gasteiger partial charge in [0, 0.05) is 49.7 Å². The second-order valence-electron chi connectivity index (χ2n) is 5.98. The van der Waals surface area contributed by atoms with Crippen molar-refractivity contribution in [3.63, 3.8) is 0 Å². The van der Waals surface area contributed by atoms with Gasteiger partial charge >= 0.3 is 0 Å². The summed E-state index contributed by atoms with van der Waals surface area (Å²) in [5, 5.41) is 7.41. The zero-order chi connectivity index (χ0) is 17.1. The predicted octanol–water partition coefficient (Wildman–Crippen LogP) is 2.52. The number of hydrogen-bond donors (Lipinski definition) is 1. The zero-order valence-corrected chi connectivity index (χ0v) is 14.7. The largest absolute Gasteiger partial charge is 0.373 e. The van der Waals surface area contributed by atoms with Crippen LogP contribution in [0.5, 0.6) is 0 Å². The lowest BCUT2D eigenvalue weighted by molar-refractivity contribution is 0.0689. The Morgan fingerprint density at radius 2 is 2.09 bits per heavy atom. The summed E-state index contributed by atoms with van der Waals surface area (Å²) in [6.45, 7) is 8.62. The molecule has 0 saturated heterocycles. The van der Waals surface area contributed by atoms with Gasteiger partial charge < -0.3 is 10.2 Å². The Morgan fingerprint density at radius 1 is 1.39 bits per heavy atom. The van der Waals surface area contributed by atoms with Gasteiger partial charge in [-0.1, -0.05) is 0 Å². The Bertz CT molecular complexity index is 705. The van der Waals surface area contributed by atoms with Crippen LogP contribution in [0.1, 0.15) is 41.2 Å². The minimum Gasteiger partial charge on any atom is -0.373 e. The summed E-state index contributed by atoms with van der Waals surface area (Å²) in [7, 11) is 3.72. The highest BCUT2D eigenvalue weighted by molar-refractivity contribution is 5.95. The molecule has 0 bridgehead atoms. The molecule has 2 rings (SSSR count). The molecule has 2 aromatic heterocycles. The number of hydrogen-bond acceptors (Lipinski definition) is 4. The van der Waals surface area contributed by atoms with E-state index in [1.165, 1.54) is 0 Å². The maximum Gasteiger partial charge on any atom is 0.254 e. The van der Waals surface area contributed by atoms with E-state index in [2.05, 4.69) is 15.4 Å². The van der Waals surface area contributed by atoms with Gasteiger partial charge in [-0.3, -0.25) is 9.48 Å². The van der Waals surface area contributed by atoms with Crippen LogP contribution in [0, 0.1) is 13.8 Å². The number of rotatable bonds is 5. The average Bonchev–Trinajstić information content (AvgIpc) is 2.77. The Morgan fingerprint density at radius 3 is 2.61 bits per heavy atom. The highest BCUT2D eigenvalue weighted by Crippen LogP contribution is 2.19. The molecular formula is C17H25N5O. The van der Waals surface area contributed by atoms with Crippen LogP contribution in [-0.2, 0) is 13.6 Å². The zero-order valence-electron chi connectivity index (χ0n) is 14.7. The van der Waals surface area contributed by atoms with Gasteiger partial charge in [0.25, 0.3) is 5.91 Å². The minimum atomic E-state index is 0.00144. The molecule has 2 heterocycles. The molecule has 1 N–H and O–H groups in total. The number of amides is 1. The van der Waals surface area contributed by atoms with Crippen molar-refractivity contribution in [1.82, 2.24) is 19.7 Å². The van der Waals surface area contributed by atoms with Crippen molar-refractivity contribution in [2.24, 2.45) is 7.05 Å². The minimum absolute atomic E-state index is 0.00144. The number of aryl methyl sites for hydroxylation is 2. The van der Waals surface area contributed by atoms with Gasteiger partial charge in [-0.05, 0) is 39.8 Å².